The molecule has 1 unspecified atom stereocenters. The van der Waals surface area contributed by atoms with Crippen molar-refractivity contribution in [1.82, 2.24) is 0 Å². The number of halogens is 4. The van der Waals surface area contributed by atoms with Crippen LogP contribution in [0.5, 0.6) is 0 Å². The Morgan fingerprint density at radius 1 is 1.00 bits per heavy atom. The Morgan fingerprint density at radius 2 is 1.68 bits per heavy atom. The molecule has 116 valence electrons. The molecule has 0 bridgehead atoms. The Labute approximate surface area is 125 Å². The molecule has 0 amide bonds. The number of hydrogen-bond acceptors (Lipinski definition) is 1. The summed E-state index contributed by atoms with van der Waals surface area (Å²) in [4.78, 5) is 0. The molecule has 0 aliphatic rings. The highest BCUT2D eigenvalue weighted by Crippen LogP contribution is 2.40. The lowest BCUT2D eigenvalue weighted by Gasteiger charge is -2.28. The maximum absolute atomic E-state index is 13.5. The third kappa shape index (κ3) is 3.20. The monoisotopic (exact) mass is 310 g/mol. The summed E-state index contributed by atoms with van der Waals surface area (Å²) in [6, 6.07) is 10.9. The topological polar surface area (TPSA) is 20.2 Å². The molecular weight excluding hydrogens is 296 g/mol. The van der Waals surface area contributed by atoms with Crippen LogP contribution in [0.15, 0.2) is 54.6 Å². The van der Waals surface area contributed by atoms with Crippen molar-refractivity contribution in [3.05, 3.63) is 77.1 Å². The van der Waals surface area contributed by atoms with Crippen LogP contribution in [-0.4, -0.2) is 11.3 Å². The van der Waals surface area contributed by atoms with Gasteiger partial charge in [0.05, 0.1) is 0 Å². The van der Waals surface area contributed by atoms with Crippen LogP contribution in [-0.2, 0) is 5.60 Å². The first-order chi connectivity index (χ1) is 10.2. The number of alkyl halides is 3. The molecule has 5 heteroatoms. The van der Waals surface area contributed by atoms with E-state index in [-0.39, 0.29) is 11.1 Å². The largest absolute Gasteiger partial charge is 0.425 e. The maximum Gasteiger partial charge on any atom is 0.425 e. The molecular formula is C17H14F4O. The Morgan fingerprint density at radius 3 is 2.27 bits per heavy atom. The molecule has 1 atom stereocenters. The third-order valence-electron chi connectivity index (χ3n) is 3.30. The molecule has 0 saturated carbocycles. The molecule has 0 radical (unpaired) electrons. The number of aliphatic hydroxyl groups is 1. The molecule has 1 N–H and O–H groups in total. The van der Waals surface area contributed by atoms with Crippen LogP contribution in [0.2, 0.25) is 0 Å². The Bertz CT molecular complexity index is 691. The van der Waals surface area contributed by atoms with E-state index in [1.54, 1.807) is 13.0 Å². The lowest BCUT2D eigenvalue weighted by Crippen LogP contribution is -2.40. The summed E-state index contributed by atoms with van der Waals surface area (Å²) in [5, 5.41) is 10.2. The van der Waals surface area contributed by atoms with E-state index in [4.69, 9.17) is 0 Å². The van der Waals surface area contributed by atoms with E-state index in [1.165, 1.54) is 36.4 Å². The van der Waals surface area contributed by atoms with Gasteiger partial charge in [0.15, 0.2) is 0 Å². The van der Waals surface area contributed by atoms with Gasteiger partial charge >= 0.3 is 6.18 Å². The fourth-order valence-electron chi connectivity index (χ4n) is 2.06. The van der Waals surface area contributed by atoms with Crippen LogP contribution < -0.4 is 0 Å². The molecule has 0 aromatic heterocycles. The second-order valence-electron chi connectivity index (χ2n) is 4.99. The summed E-state index contributed by atoms with van der Waals surface area (Å²) in [6.07, 6.45) is -3.42. The van der Waals surface area contributed by atoms with Crippen molar-refractivity contribution in [3.63, 3.8) is 0 Å². The summed E-state index contributed by atoms with van der Waals surface area (Å²) in [6.45, 7) is 1.63. The van der Waals surface area contributed by atoms with E-state index in [2.05, 4.69) is 0 Å². The standard InChI is InChI=1S/C17H14F4O/c1-12-5-4-7-14(11-12)16(22,17(19,20)21)10-9-13-6-2-3-8-15(13)18/h2-11,22H,1H3. The lowest BCUT2D eigenvalue weighted by molar-refractivity contribution is -0.244. The van der Waals surface area contributed by atoms with E-state index in [0.717, 1.165) is 12.1 Å². The fraction of sp³-hybridized carbons (Fsp3) is 0.176. The zero-order valence-corrected chi connectivity index (χ0v) is 11.7. The van der Waals surface area contributed by atoms with Gasteiger partial charge in [0.2, 0.25) is 5.60 Å². The minimum Gasteiger partial charge on any atom is -0.373 e. The van der Waals surface area contributed by atoms with E-state index in [0.29, 0.717) is 11.6 Å². The lowest BCUT2D eigenvalue weighted by atomic mass is 9.91. The summed E-state index contributed by atoms with van der Waals surface area (Å²) in [5.41, 5.74) is -2.94. The molecule has 0 fully saturated rings. The van der Waals surface area contributed by atoms with Gasteiger partial charge in [0, 0.05) is 5.56 Å². The van der Waals surface area contributed by atoms with Crippen molar-refractivity contribution in [2.24, 2.45) is 0 Å². The van der Waals surface area contributed by atoms with Crippen molar-refractivity contribution in [1.29, 1.82) is 0 Å². The first-order valence-electron chi connectivity index (χ1n) is 6.54. The van der Waals surface area contributed by atoms with Crippen molar-refractivity contribution in [2.75, 3.05) is 0 Å². The van der Waals surface area contributed by atoms with Gasteiger partial charge in [0.1, 0.15) is 5.82 Å². The molecule has 2 rings (SSSR count). The Hall–Kier alpha value is -2.14. The zero-order chi connectivity index (χ0) is 16.4. The number of hydrogen-bond donors (Lipinski definition) is 1. The Balaban J connectivity index is 2.50. The summed E-state index contributed by atoms with van der Waals surface area (Å²) in [5.74, 6) is -0.660. The number of benzene rings is 2. The minimum atomic E-state index is -4.93. The predicted molar refractivity (Wildman–Crippen MR) is 76.6 cm³/mol. The van der Waals surface area contributed by atoms with Crippen molar-refractivity contribution < 1.29 is 22.7 Å². The van der Waals surface area contributed by atoms with E-state index >= 15 is 0 Å². The highest BCUT2D eigenvalue weighted by atomic mass is 19.4. The van der Waals surface area contributed by atoms with Crippen LogP contribution in [0.3, 0.4) is 0 Å². The van der Waals surface area contributed by atoms with E-state index in [1.807, 2.05) is 0 Å². The SMILES string of the molecule is Cc1cccc(C(O)(C=Cc2ccccc2F)C(F)(F)F)c1. The smallest absolute Gasteiger partial charge is 0.373 e. The van der Waals surface area contributed by atoms with Crippen LogP contribution in [0, 0.1) is 12.7 Å². The zero-order valence-electron chi connectivity index (χ0n) is 11.7. The number of aryl methyl sites for hydroxylation is 1. The third-order valence-corrected chi connectivity index (χ3v) is 3.30. The van der Waals surface area contributed by atoms with Gasteiger partial charge in [-0.15, -0.1) is 0 Å². The van der Waals surface area contributed by atoms with Gasteiger partial charge in [-0.1, -0.05) is 54.1 Å². The van der Waals surface area contributed by atoms with Gasteiger partial charge in [-0.05, 0) is 24.6 Å². The summed E-state index contributed by atoms with van der Waals surface area (Å²) >= 11 is 0. The molecule has 1 nitrogen and oxygen atoms in total. The molecule has 22 heavy (non-hydrogen) atoms. The molecule has 0 spiro atoms. The fourth-order valence-corrected chi connectivity index (χ4v) is 2.06. The van der Waals surface area contributed by atoms with Gasteiger partial charge in [0.25, 0.3) is 0 Å². The number of rotatable bonds is 3. The average molecular weight is 310 g/mol. The highest BCUT2D eigenvalue weighted by molar-refractivity contribution is 5.53. The van der Waals surface area contributed by atoms with Gasteiger partial charge < -0.3 is 5.11 Å². The second-order valence-corrected chi connectivity index (χ2v) is 4.99. The quantitative estimate of drug-likeness (QED) is 0.822. The van der Waals surface area contributed by atoms with Crippen LogP contribution >= 0.6 is 0 Å². The molecule has 0 heterocycles. The molecule has 0 aliphatic carbocycles. The van der Waals surface area contributed by atoms with Crippen molar-refractivity contribution >= 4 is 6.08 Å². The molecule has 2 aromatic rings. The average Bonchev–Trinajstić information content (AvgIpc) is 2.45. The van der Waals surface area contributed by atoms with Crippen LogP contribution in [0.25, 0.3) is 6.08 Å². The predicted octanol–water partition coefficient (Wildman–Crippen LogP) is 4.60. The van der Waals surface area contributed by atoms with Gasteiger partial charge in [-0.25, -0.2) is 4.39 Å². The van der Waals surface area contributed by atoms with E-state index < -0.39 is 17.6 Å². The highest BCUT2D eigenvalue weighted by Gasteiger charge is 2.53. The van der Waals surface area contributed by atoms with Crippen molar-refractivity contribution in [3.8, 4) is 0 Å². The van der Waals surface area contributed by atoms with E-state index in [9.17, 15) is 22.7 Å². The van der Waals surface area contributed by atoms with Crippen LogP contribution in [0.4, 0.5) is 17.6 Å². The molecule has 0 aliphatic heterocycles. The normalized spacial score (nSPS) is 15.0. The first-order valence-corrected chi connectivity index (χ1v) is 6.54. The Kier molecular flexibility index (Phi) is 4.37. The van der Waals surface area contributed by atoms with Gasteiger partial charge in [-0.2, -0.15) is 13.2 Å². The summed E-state index contributed by atoms with van der Waals surface area (Å²) < 4.78 is 53.5. The first kappa shape index (κ1) is 16.2. The molecule has 2 aromatic carbocycles. The summed E-state index contributed by atoms with van der Waals surface area (Å²) in [7, 11) is 0. The van der Waals surface area contributed by atoms with Crippen LogP contribution in [0.1, 0.15) is 16.7 Å². The minimum absolute atomic E-state index is 0.0298. The van der Waals surface area contributed by atoms with Crippen molar-refractivity contribution in [2.45, 2.75) is 18.7 Å². The van der Waals surface area contributed by atoms with Gasteiger partial charge in [-0.3, -0.25) is 0 Å². The maximum atomic E-state index is 13.5. The molecule has 0 saturated heterocycles. The second kappa shape index (κ2) is 5.93.